The highest BCUT2D eigenvalue weighted by molar-refractivity contribution is 5.87. The molecule has 0 aliphatic rings. The van der Waals surface area contributed by atoms with Crippen molar-refractivity contribution in [3.05, 3.63) is 59.7 Å². The van der Waals surface area contributed by atoms with Gasteiger partial charge in [-0.2, -0.15) is 0 Å². The van der Waals surface area contributed by atoms with E-state index in [1.165, 1.54) is 0 Å². The first kappa shape index (κ1) is 26.2. The van der Waals surface area contributed by atoms with E-state index in [-0.39, 0.29) is 11.8 Å². The van der Waals surface area contributed by atoms with Gasteiger partial charge in [-0.05, 0) is 63.3 Å². The van der Waals surface area contributed by atoms with Crippen LogP contribution in [0, 0.1) is 0 Å². The Kier molecular flexibility index (Phi) is 11.3. The molecule has 0 fully saturated rings. The molecule has 1 N–H and O–H groups in total. The fourth-order valence-corrected chi connectivity index (χ4v) is 3.83. The fraction of sp³-hybridized carbons (Fsp3) is 0.481. The molecule has 2 aromatic carbocycles. The first-order valence-corrected chi connectivity index (χ1v) is 12.0. The minimum Gasteiger partial charge on any atom is -0.490 e. The van der Waals surface area contributed by atoms with Crippen molar-refractivity contribution >= 4 is 11.8 Å². The lowest BCUT2D eigenvalue weighted by Gasteiger charge is -2.30. The lowest BCUT2D eigenvalue weighted by molar-refractivity contribution is -0.140. The first-order valence-electron chi connectivity index (χ1n) is 12.0. The number of ether oxygens (including phenoxy) is 2. The molecule has 0 aliphatic carbocycles. The monoisotopic (exact) mass is 454 g/mol. The molecule has 180 valence electrons. The van der Waals surface area contributed by atoms with Gasteiger partial charge in [0, 0.05) is 19.5 Å². The minimum absolute atomic E-state index is 0.0177. The van der Waals surface area contributed by atoms with Crippen LogP contribution in [0.3, 0.4) is 0 Å². The quantitative estimate of drug-likeness (QED) is 0.459. The van der Waals surface area contributed by atoms with Crippen LogP contribution in [0.1, 0.15) is 51.7 Å². The van der Waals surface area contributed by atoms with E-state index in [4.69, 9.17) is 9.47 Å². The van der Waals surface area contributed by atoms with Crippen LogP contribution in [0.5, 0.6) is 11.5 Å². The second-order valence-electron chi connectivity index (χ2n) is 7.79. The van der Waals surface area contributed by atoms with Crippen molar-refractivity contribution in [3.8, 4) is 11.5 Å². The van der Waals surface area contributed by atoms with E-state index < -0.39 is 6.04 Å². The molecule has 0 aromatic heterocycles. The van der Waals surface area contributed by atoms with Crippen LogP contribution >= 0.6 is 0 Å². The van der Waals surface area contributed by atoms with Gasteiger partial charge < -0.3 is 19.7 Å². The number of aryl methyl sites for hydroxylation is 1. The zero-order valence-corrected chi connectivity index (χ0v) is 20.4. The summed E-state index contributed by atoms with van der Waals surface area (Å²) in [6.07, 6.45) is 2.17. The molecule has 0 aliphatic heterocycles. The zero-order valence-electron chi connectivity index (χ0n) is 20.4. The summed E-state index contributed by atoms with van der Waals surface area (Å²) in [5.74, 6) is 1.29. The van der Waals surface area contributed by atoms with E-state index in [0.717, 1.165) is 11.1 Å². The van der Waals surface area contributed by atoms with Gasteiger partial charge in [0.05, 0.1) is 13.2 Å². The summed E-state index contributed by atoms with van der Waals surface area (Å²) in [6, 6.07) is 15.4. The maximum absolute atomic E-state index is 13.3. The molecule has 6 nitrogen and oxygen atoms in total. The van der Waals surface area contributed by atoms with Gasteiger partial charge >= 0.3 is 0 Å². The number of carbonyl (C=O) groups is 2. The van der Waals surface area contributed by atoms with Crippen molar-refractivity contribution in [2.45, 2.75) is 59.4 Å². The van der Waals surface area contributed by atoms with Crippen LogP contribution in [0.4, 0.5) is 0 Å². The highest BCUT2D eigenvalue weighted by Gasteiger charge is 2.27. The Morgan fingerprint density at radius 3 is 2.21 bits per heavy atom. The predicted octanol–water partition coefficient (Wildman–Crippen LogP) is 4.40. The van der Waals surface area contributed by atoms with Crippen molar-refractivity contribution in [3.63, 3.8) is 0 Å². The molecule has 0 saturated carbocycles. The zero-order chi connectivity index (χ0) is 24.1. The Hall–Kier alpha value is -3.02. The lowest BCUT2D eigenvalue weighted by atomic mass is 10.1. The van der Waals surface area contributed by atoms with Crippen molar-refractivity contribution < 1.29 is 19.1 Å². The van der Waals surface area contributed by atoms with E-state index in [1.54, 1.807) is 4.90 Å². The molecule has 0 radical (unpaired) electrons. The second kappa shape index (κ2) is 14.2. The number of amides is 2. The van der Waals surface area contributed by atoms with Crippen LogP contribution in [0.25, 0.3) is 0 Å². The summed E-state index contributed by atoms with van der Waals surface area (Å²) in [4.78, 5) is 27.7. The molecular weight excluding hydrogens is 416 g/mol. The Balaban J connectivity index is 2.14. The number of nitrogens with zero attached hydrogens (tertiary/aromatic N) is 1. The molecule has 2 aromatic rings. The second-order valence-corrected chi connectivity index (χ2v) is 7.79. The summed E-state index contributed by atoms with van der Waals surface area (Å²) in [5, 5.41) is 2.88. The van der Waals surface area contributed by atoms with Crippen LogP contribution < -0.4 is 14.8 Å². The number of hydrogen-bond acceptors (Lipinski definition) is 4. The third-order valence-corrected chi connectivity index (χ3v) is 5.46. The van der Waals surface area contributed by atoms with Crippen LogP contribution in [-0.4, -0.2) is 49.1 Å². The summed E-state index contributed by atoms with van der Waals surface area (Å²) in [6.45, 7) is 9.86. The Morgan fingerprint density at radius 1 is 0.879 bits per heavy atom. The molecule has 0 unspecified atom stereocenters. The third kappa shape index (κ3) is 8.12. The largest absolute Gasteiger partial charge is 0.490 e. The van der Waals surface area contributed by atoms with Gasteiger partial charge in [-0.25, -0.2) is 0 Å². The molecule has 2 rings (SSSR count). The average Bonchev–Trinajstić information content (AvgIpc) is 2.82. The number of hydrogen-bond donors (Lipinski definition) is 1. The molecule has 0 saturated heterocycles. The number of carbonyl (C=O) groups excluding carboxylic acids is 2. The number of likely N-dealkylation sites (N-methyl/N-ethyl adjacent to an activating group) is 1. The molecule has 0 heterocycles. The summed E-state index contributed by atoms with van der Waals surface area (Å²) in [5.41, 5.74) is 2.15. The third-order valence-electron chi connectivity index (χ3n) is 5.46. The first-order chi connectivity index (χ1) is 16.0. The van der Waals surface area contributed by atoms with Gasteiger partial charge in [-0.3, -0.25) is 9.59 Å². The van der Waals surface area contributed by atoms with Gasteiger partial charge in [0.1, 0.15) is 6.04 Å². The van der Waals surface area contributed by atoms with Gasteiger partial charge in [-0.1, -0.05) is 43.3 Å². The summed E-state index contributed by atoms with van der Waals surface area (Å²) >= 11 is 0. The molecular formula is C27H38N2O4. The summed E-state index contributed by atoms with van der Waals surface area (Å²) < 4.78 is 11.3. The predicted molar refractivity (Wildman–Crippen MR) is 132 cm³/mol. The van der Waals surface area contributed by atoms with E-state index in [2.05, 4.69) is 5.32 Å². The maximum atomic E-state index is 13.3. The Bertz CT molecular complexity index is 870. The lowest BCUT2D eigenvalue weighted by Crippen LogP contribution is -2.50. The molecule has 0 bridgehead atoms. The summed E-state index contributed by atoms with van der Waals surface area (Å²) in [7, 11) is 0. The standard InChI is InChI=1S/C27H38N2O4/c1-5-23(27(31)28-6-2)29(19-18-21-12-10-9-11-13-21)26(30)17-15-22-14-16-24(32-7-3)25(20-22)33-8-4/h9-14,16,20,23H,5-8,15,17-19H2,1-4H3,(H,28,31)/t23-/m0/s1. The van der Waals surface area contributed by atoms with E-state index >= 15 is 0 Å². The SMILES string of the molecule is CCNC(=O)[C@H](CC)N(CCc1ccccc1)C(=O)CCc1ccc(OCC)c(OCC)c1. The molecule has 6 heteroatoms. The van der Waals surface area contributed by atoms with E-state index in [1.807, 2.05) is 76.2 Å². The van der Waals surface area contributed by atoms with Gasteiger partial charge in [0.2, 0.25) is 11.8 Å². The van der Waals surface area contributed by atoms with Crippen LogP contribution in [0.2, 0.25) is 0 Å². The number of rotatable bonds is 14. The molecule has 1 atom stereocenters. The van der Waals surface area contributed by atoms with Crippen molar-refractivity contribution in [1.29, 1.82) is 0 Å². The maximum Gasteiger partial charge on any atom is 0.242 e. The van der Waals surface area contributed by atoms with Crippen molar-refractivity contribution in [2.24, 2.45) is 0 Å². The Labute approximate surface area is 198 Å². The normalized spacial score (nSPS) is 11.5. The molecule has 33 heavy (non-hydrogen) atoms. The highest BCUT2D eigenvalue weighted by Crippen LogP contribution is 2.29. The number of benzene rings is 2. The fourth-order valence-electron chi connectivity index (χ4n) is 3.83. The number of nitrogens with one attached hydrogen (secondary N) is 1. The van der Waals surface area contributed by atoms with Crippen molar-refractivity contribution in [1.82, 2.24) is 10.2 Å². The van der Waals surface area contributed by atoms with Gasteiger partial charge in [0.15, 0.2) is 11.5 Å². The van der Waals surface area contributed by atoms with Gasteiger partial charge in [0.25, 0.3) is 0 Å². The smallest absolute Gasteiger partial charge is 0.242 e. The Morgan fingerprint density at radius 2 is 1.58 bits per heavy atom. The van der Waals surface area contributed by atoms with E-state index in [9.17, 15) is 9.59 Å². The topological polar surface area (TPSA) is 67.9 Å². The van der Waals surface area contributed by atoms with Crippen LogP contribution in [-0.2, 0) is 22.4 Å². The average molecular weight is 455 g/mol. The molecule has 0 spiro atoms. The van der Waals surface area contributed by atoms with Crippen molar-refractivity contribution in [2.75, 3.05) is 26.3 Å². The van der Waals surface area contributed by atoms with Gasteiger partial charge in [-0.15, -0.1) is 0 Å². The van der Waals surface area contributed by atoms with E-state index in [0.29, 0.717) is 63.5 Å². The molecule has 2 amide bonds. The van der Waals surface area contributed by atoms with Crippen LogP contribution in [0.15, 0.2) is 48.5 Å². The highest BCUT2D eigenvalue weighted by atomic mass is 16.5. The minimum atomic E-state index is -0.472.